The van der Waals surface area contributed by atoms with Crippen molar-refractivity contribution in [3.63, 3.8) is 0 Å². The van der Waals surface area contributed by atoms with E-state index in [0.29, 0.717) is 0 Å². The number of anilines is 5. The molecule has 6 heteroatoms. The van der Waals surface area contributed by atoms with Crippen molar-refractivity contribution in [3.8, 4) is 55.9 Å². The maximum atomic E-state index is 3.80. The number of halogens is 1. The summed E-state index contributed by atoms with van der Waals surface area (Å²) in [5.74, 6) is 0. The number of para-hydroxylation sites is 6. The molecule has 22 aromatic carbocycles. The van der Waals surface area contributed by atoms with Gasteiger partial charge < -0.3 is 19.4 Å². The van der Waals surface area contributed by atoms with Crippen LogP contribution in [0, 0.1) is 0 Å². The van der Waals surface area contributed by atoms with Gasteiger partial charge in [-0.1, -0.05) is 441 Å². The molecule has 0 bridgehead atoms. The largest absolute Gasteiger partial charge is 0.356 e. The lowest BCUT2D eigenvalue weighted by Gasteiger charge is -2.36. The smallest absolute Gasteiger partial charge is 0.0714 e. The van der Waals surface area contributed by atoms with E-state index in [-0.39, 0.29) is 13.8 Å². The van der Waals surface area contributed by atoms with Crippen LogP contribution in [-0.2, 0) is 21.7 Å². The summed E-state index contributed by atoms with van der Waals surface area (Å²) in [6, 6.07) is 205. The predicted octanol–water partition coefficient (Wildman–Crippen LogP) is 34.3. The van der Waals surface area contributed by atoms with Crippen molar-refractivity contribution in [2.75, 3.05) is 10.2 Å². The molecule has 1 N–H and O–H groups in total. The van der Waals surface area contributed by atoms with E-state index in [1.54, 1.807) is 0 Å². The molecule has 0 fully saturated rings. The second-order valence-corrected chi connectivity index (χ2v) is 38.2. The molecule has 0 aliphatic heterocycles. The number of aromatic nitrogens is 2. The average Bonchev–Trinajstić information content (AvgIpc) is 1.53. The molecule has 28 rings (SSSR count). The Kier molecular flexibility index (Phi) is 21.6. The van der Waals surface area contributed by atoms with Crippen LogP contribution < -0.4 is 10.2 Å². The zero-order valence-electron chi connectivity index (χ0n) is 77.9. The Bertz CT molecular complexity index is 8800. The summed E-state index contributed by atoms with van der Waals surface area (Å²) >= 11 is 3.80. The van der Waals surface area contributed by atoms with Crippen LogP contribution in [0.4, 0.5) is 28.4 Å². The highest BCUT2D eigenvalue weighted by Crippen LogP contribution is 2.63. The van der Waals surface area contributed by atoms with Crippen LogP contribution in [-0.4, -0.2) is 17.5 Å². The monoisotopic (exact) mass is 1870 g/mol. The van der Waals surface area contributed by atoms with Crippen LogP contribution >= 0.6 is 15.9 Å². The van der Waals surface area contributed by atoms with E-state index >= 15 is 0 Å². The summed E-state index contributed by atoms with van der Waals surface area (Å²) in [5, 5.41) is 8.61. The topological polar surface area (TPSA) is 25.1 Å². The molecule has 667 valence electrons. The number of fused-ring (bicyclic) bond motifs is 18. The van der Waals surface area contributed by atoms with Gasteiger partial charge in [-0.2, -0.15) is 0 Å². The van der Waals surface area contributed by atoms with E-state index in [4.69, 9.17) is 0 Å². The maximum absolute atomic E-state index is 3.80. The number of hydrogen-bond donors (Lipinski definition) is 1. The summed E-state index contributed by atoms with van der Waals surface area (Å²) in [5.41, 5.74) is 41.5. The van der Waals surface area contributed by atoms with Crippen LogP contribution in [0.1, 0.15) is 89.0 Å². The van der Waals surface area contributed by atoms with E-state index in [9.17, 15) is 0 Å². The van der Waals surface area contributed by atoms with Gasteiger partial charge in [0.2, 0.25) is 0 Å². The van der Waals surface area contributed by atoms with Gasteiger partial charge in [0.1, 0.15) is 0 Å². The fourth-order valence-electron chi connectivity index (χ4n) is 24.5. The van der Waals surface area contributed by atoms with Gasteiger partial charge in [0, 0.05) is 74.2 Å². The van der Waals surface area contributed by atoms with Crippen LogP contribution in [0.15, 0.2) is 563 Å². The number of hydrogen-bond acceptors (Lipinski definition) is 2. The SMILES string of the molecule is Brc1ccc2c(c1)C(c1ccccc1)(c1ccc3c(c1)c1ccccc1n3-c1ccccc1)c1ccccc1-2.[B].c1ccc(N(c2ccc3c(c2)C(c2ccccc2)(c2ccccc2)c2ccccc2-3)c2ccc3c(c2)C(c2ccccc2)(c2ccc4c(c2)c2ccccc2n4-c2ccccc2)c2ccccc2-3)cc1.c1ccc(Nc2ccc3c(c2)C(c2ccccc2)(c2ccccc2)c2ccccc2-3)cc1. The molecule has 0 saturated heterocycles. The van der Waals surface area contributed by atoms with Gasteiger partial charge in [0.25, 0.3) is 0 Å². The Labute approximate surface area is 838 Å². The third-order valence-electron chi connectivity index (χ3n) is 30.2. The molecule has 4 nitrogen and oxygen atoms in total. The standard InChI is InChI=1S/C68H46N2.C37H24BrN.C31H23N.B/c1-6-22-47(23-7-1)67(48-24-8-2-9-25-48)61-35-19-16-32-55(61)57-41-39-53(45-63(57)67)69(51-28-12-4-13-29-51)54-40-42-58-56-33-17-20-36-62(56)68(64(58)46-54,49-26-10-3-11-27-49)50-38-43-66-60(44-50)59-34-18-21-37-65(59)70(66)52-30-14-5-15-31-52;38-27-20-21-30-29-15-7-9-17-33(29)37(34(30)24-27,25-11-3-1-4-12-25)26-19-22-36-32(23-26)31-16-8-10-18-35(31)39(36)28-13-5-2-6-14-28;1-4-12-23(13-5-1)31(24-14-6-2-7-15-24)29-19-11-10-18-27(29)28-21-20-26(22-30(28)31)32-25-16-8-3-9-17-25;/h1-46H;1-24H;1-22,32H;. The molecule has 2 heterocycles. The van der Waals surface area contributed by atoms with Gasteiger partial charge in [-0.25, -0.2) is 0 Å². The highest BCUT2D eigenvalue weighted by Gasteiger charge is 2.52. The van der Waals surface area contributed by atoms with Gasteiger partial charge in [0.15, 0.2) is 0 Å². The van der Waals surface area contributed by atoms with E-state index in [2.05, 4.69) is 587 Å². The van der Waals surface area contributed by atoms with Gasteiger partial charge in [0.05, 0.1) is 43.7 Å². The summed E-state index contributed by atoms with van der Waals surface area (Å²) in [4.78, 5) is 2.47. The average molecular weight is 1870 g/mol. The van der Waals surface area contributed by atoms with Crippen molar-refractivity contribution in [1.82, 2.24) is 9.13 Å². The molecule has 0 amide bonds. The van der Waals surface area contributed by atoms with Crippen molar-refractivity contribution < 1.29 is 0 Å². The van der Waals surface area contributed by atoms with Crippen LogP contribution in [0.2, 0.25) is 0 Å². The lowest BCUT2D eigenvalue weighted by Crippen LogP contribution is -2.29. The third-order valence-corrected chi connectivity index (χ3v) is 30.7. The lowest BCUT2D eigenvalue weighted by atomic mass is 9.67. The molecule has 2 unspecified atom stereocenters. The number of benzene rings is 22. The Morgan fingerprint density at radius 2 is 0.444 bits per heavy atom. The van der Waals surface area contributed by atoms with Gasteiger partial charge in [-0.3, -0.25) is 0 Å². The van der Waals surface area contributed by atoms with Crippen molar-refractivity contribution in [2.45, 2.75) is 21.7 Å². The van der Waals surface area contributed by atoms with Crippen LogP contribution in [0.5, 0.6) is 0 Å². The van der Waals surface area contributed by atoms with Crippen LogP contribution in [0.3, 0.4) is 0 Å². The molecule has 0 spiro atoms. The molecular weight excluding hydrogens is 1780 g/mol. The minimum Gasteiger partial charge on any atom is -0.356 e. The Hall–Kier alpha value is -17.4. The van der Waals surface area contributed by atoms with E-state index in [0.717, 1.165) is 38.6 Å². The quantitative estimate of drug-likeness (QED) is 0.104. The number of rotatable bonds is 15. The minimum atomic E-state index is -0.634. The fourth-order valence-corrected chi connectivity index (χ4v) is 24.9. The molecule has 2 aromatic heterocycles. The predicted molar refractivity (Wildman–Crippen MR) is 595 cm³/mol. The molecule has 4 aliphatic rings. The van der Waals surface area contributed by atoms with Gasteiger partial charge in [-0.05, 0) is 267 Å². The Balaban J connectivity index is 0.000000124. The van der Waals surface area contributed by atoms with Crippen molar-refractivity contribution >= 4 is 96.4 Å². The highest BCUT2D eigenvalue weighted by molar-refractivity contribution is 9.10. The maximum Gasteiger partial charge on any atom is 0.0714 e. The fraction of sp³-hybridized carbons (Fsp3) is 0.0294. The van der Waals surface area contributed by atoms with Gasteiger partial charge >= 0.3 is 0 Å². The van der Waals surface area contributed by atoms with Crippen molar-refractivity contribution in [1.29, 1.82) is 0 Å². The second-order valence-electron chi connectivity index (χ2n) is 37.3. The van der Waals surface area contributed by atoms with Crippen LogP contribution in [0.25, 0.3) is 99.5 Å². The lowest BCUT2D eigenvalue weighted by molar-refractivity contribution is 0.768. The summed E-state index contributed by atoms with van der Waals surface area (Å²) < 4.78 is 5.89. The van der Waals surface area contributed by atoms with Crippen molar-refractivity contribution in [3.05, 3.63) is 652 Å². The normalized spacial score (nSPS) is 14.8. The minimum absolute atomic E-state index is 0. The first-order chi connectivity index (χ1) is 69.9. The first kappa shape index (κ1) is 86.2. The summed E-state index contributed by atoms with van der Waals surface area (Å²) in [6.07, 6.45) is 0. The highest BCUT2D eigenvalue weighted by atomic mass is 79.9. The summed E-state index contributed by atoms with van der Waals surface area (Å²) in [6.45, 7) is 0. The van der Waals surface area contributed by atoms with Crippen molar-refractivity contribution in [2.24, 2.45) is 0 Å². The zero-order chi connectivity index (χ0) is 93.6. The number of nitrogens with one attached hydrogen (secondary N) is 1. The Morgan fingerprint density at radius 1 is 0.176 bits per heavy atom. The molecule has 0 saturated carbocycles. The third kappa shape index (κ3) is 13.5. The summed E-state index contributed by atoms with van der Waals surface area (Å²) in [7, 11) is 0. The molecule has 142 heavy (non-hydrogen) atoms. The number of nitrogens with zero attached hydrogens (tertiary/aromatic N) is 3. The first-order valence-electron chi connectivity index (χ1n) is 48.7. The second kappa shape index (κ2) is 35.5. The Morgan fingerprint density at radius 3 is 0.810 bits per heavy atom. The van der Waals surface area contributed by atoms with E-state index in [1.807, 2.05) is 6.07 Å². The molecule has 2 atom stereocenters. The molecule has 4 aliphatic carbocycles. The van der Waals surface area contributed by atoms with E-state index in [1.165, 1.54) is 183 Å². The molecule has 3 radical (unpaired) electrons. The van der Waals surface area contributed by atoms with E-state index < -0.39 is 16.2 Å². The molecule has 24 aromatic rings. The first-order valence-corrected chi connectivity index (χ1v) is 49.5. The van der Waals surface area contributed by atoms with Gasteiger partial charge in [-0.15, -0.1) is 0 Å². The molecular formula is C136H93BBrN4. The zero-order valence-corrected chi connectivity index (χ0v) is 79.5.